The standard InChI is InChI=1S/C23H29N3O2/c27-23(20-8-9-22(24-16-20)25-17-21-7-4-14-28-21)26-12-10-19(11-13-26)15-18-5-2-1-3-6-18/h1-3,5-6,8-9,16,19,21H,4,7,10-15,17H2,(H,24,25). The smallest absolute Gasteiger partial charge is 0.255 e. The summed E-state index contributed by atoms with van der Waals surface area (Å²) in [6.45, 7) is 3.29. The van der Waals surface area contributed by atoms with Crippen molar-refractivity contribution in [1.29, 1.82) is 0 Å². The van der Waals surface area contributed by atoms with Crippen molar-refractivity contribution in [3.63, 3.8) is 0 Å². The molecule has 1 atom stereocenters. The molecule has 1 N–H and O–H groups in total. The lowest BCUT2D eigenvalue weighted by Crippen LogP contribution is -2.39. The summed E-state index contributed by atoms with van der Waals surface area (Å²) >= 11 is 0. The highest BCUT2D eigenvalue weighted by molar-refractivity contribution is 5.94. The number of pyridine rings is 1. The quantitative estimate of drug-likeness (QED) is 0.830. The van der Waals surface area contributed by atoms with Crippen molar-refractivity contribution in [2.45, 2.75) is 38.2 Å². The first-order chi connectivity index (χ1) is 13.8. The zero-order valence-corrected chi connectivity index (χ0v) is 16.3. The van der Waals surface area contributed by atoms with Crippen molar-refractivity contribution in [2.75, 3.05) is 31.6 Å². The van der Waals surface area contributed by atoms with E-state index in [0.29, 0.717) is 11.5 Å². The van der Waals surface area contributed by atoms with Crippen LogP contribution >= 0.6 is 0 Å². The molecule has 3 heterocycles. The van der Waals surface area contributed by atoms with Crippen LogP contribution in [0.25, 0.3) is 0 Å². The van der Waals surface area contributed by atoms with Crippen LogP contribution < -0.4 is 5.32 Å². The molecule has 2 aliphatic rings. The van der Waals surface area contributed by atoms with Crippen LogP contribution in [0.3, 0.4) is 0 Å². The molecule has 1 aromatic heterocycles. The van der Waals surface area contributed by atoms with Gasteiger partial charge in [0.1, 0.15) is 5.82 Å². The summed E-state index contributed by atoms with van der Waals surface area (Å²) in [4.78, 5) is 19.2. The first-order valence-electron chi connectivity index (χ1n) is 10.4. The largest absolute Gasteiger partial charge is 0.376 e. The third kappa shape index (κ3) is 4.90. The molecule has 2 aliphatic heterocycles. The van der Waals surface area contributed by atoms with Crippen molar-refractivity contribution in [1.82, 2.24) is 9.88 Å². The normalized spacial score (nSPS) is 20.3. The van der Waals surface area contributed by atoms with Gasteiger partial charge in [-0.25, -0.2) is 4.98 Å². The fourth-order valence-corrected chi connectivity index (χ4v) is 4.12. The Labute approximate surface area is 167 Å². The fourth-order valence-electron chi connectivity index (χ4n) is 4.12. The Morgan fingerprint density at radius 3 is 2.61 bits per heavy atom. The zero-order chi connectivity index (χ0) is 19.2. The zero-order valence-electron chi connectivity index (χ0n) is 16.3. The molecule has 5 heteroatoms. The lowest BCUT2D eigenvalue weighted by atomic mass is 9.90. The Kier molecular flexibility index (Phi) is 6.22. The van der Waals surface area contributed by atoms with Gasteiger partial charge < -0.3 is 15.0 Å². The average Bonchev–Trinajstić information content (AvgIpc) is 3.27. The van der Waals surface area contributed by atoms with Gasteiger partial charge in [0.25, 0.3) is 5.91 Å². The Morgan fingerprint density at radius 1 is 1.11 bits per heavy atom. The summed E-state index contributed by atoms with van der Waals surface area (Å²) in [7, 11) is 0. The van der Waals surface area contributed by atoms with Crippen LogP contribution in [0.5, 0.6) is 0 Å². The summed E-state index contributed by atoms with van der Waals surface area (Å²) in [5.41, 5.74) is 2.06. The molecule has 148 valence electrons. The number of piperidine rings is 1. The Balaban J connectivity index is 1.25. The number of hydrogen-bond acceptors (Lipinski definition) is 4. The second-order valence-corrected chi connectivity index (χ2v) is 7.87. The lowest BCUT2D eigenvalue weighted by molar-refractivity contribution is 0.0690. The highest BCUT2D eigenvalue weighted by Gasteiger charge is 2.24. The van der Waals surface area contributed by atoms with Crippen LogP contribution in [-0.2, 0) is 11.2 Å². The first kappa shape index (κ1) is 18.9. The molecule has 0 saturated carbocycles. The van der Waals surface area contributed by atoms with Crippen LogP contribution in [0.2, 0.25) is 0 Å². The van der Waals surface area contributed by atoms with Crippen molar-refractivity contribution >= 4 is 11.7 Å². The maximum atomic E-state index is 12.8. The maximum Gasteiger partial charge on any atom is 0.255 e. The molecule has 0 aliphatic carbocycles. The van der Waals surface area contributed by atoms with Gasteiger partial charge in [0.2, 0.25) is 0 Å². The molecular formula is C23H29N3O2. The summed E-state index contributed by atoms with van der Waals surface area (Å²) in [5, 5.41) is 3.30. The molecule has 1 aromatic carbocycles. The average molecular weight is 380 g/mol. The first-order valence-corrected chi connectivity index (χ1v) is 10.4. The number of ether oxygens (including phenoxy) is 1. The molecule has 4 rings (SSSR count). The maximum absolute atomic E-state index is 12.8. The van der Waals surface area contributed by atoms with Crippen molar-refractivity contribution in [3.8, 4) is 0 Å². The summed E-state index contributed by atoms with van der Waals surface area (Å²) in [6, 6.07) is 14.4. The third-order valence-corrected chi connectivity index (χ3v) is 5.81. The predicted molar refractivity (Wildman–Crippen MR) is 110 cm³/mol. The summed E-state index contributed by atoms with van der Waals surface area (Å²) in [5.74, 6) is 1.55. The van der Waals surface area contributed by atoms with E-state index in [4.69, 9.17) is 4.74 Å². The van der Waals surface area contributed by atoms with Gasteiger partial charge in [-0.1, -0.05) is 30.3 Å². The van der Waals surface area contributed by atoms with Gasteiger partial charge in [-0.2, -0.15) is 0 Å². The molecule has 2 fully saturated rings. The number of benzene rings is 1. The minimum atomic E-state index is 0.0938. The van der Waals surface area contributed by atoms with Crippen LogP contribution in [0, 0.1) is 5.92 Å². The van der Waals surface area contributed by atoms with E-state index in [-0.39, 0.29) is 12.0 Å². The van der Waals surface area contributed by atoms with Crippen LogP contribution in [0.1, 0.15) is 41.6 Å². The number of nitrogens with one attached hydrogen (secondary N) is 1. The number of amides is 1. The van der Waals surface area contributed by atoms with E-state index in [9.17, 15) is 4.79 Å². The van der Waals surface area contributed by atoms with Gasteiger partial charge in [-0.15, -0.1) is 0 Å². The Morgan fingerprint density at radius 2 is 1.93 bits per heavy atom. The van der Waals surface area contributed by atoms with E-state index in [0.717, 1.165) is 64.2 Å². The number of carbonyl (C=O) groups is 1. The third-order valence-electron chi connectivity index (χ3n) is 5.81. The molecule has 0 radical (unpaired) electrons. The van der Waals surface area contributed by atoms with Gasteiger partial charge >= 0.3 is 0 Å². The fraction of sp³-hybridized carbons (Fsp3) is 0.478. The number of rotatable bonds is 6. The van der Waals surface area contributed by atoms with Gasteiger partial charge in [0, 0.05) is 32.4 Å². The van der Waals surface area contributed by atoms with E-state index in [1.807, 2.05) is 17.0 Å². The van der Waals surface area contributed by atoms with Crippen molar-refractivity contribution in [2.24, 2.45) is 5.92 Å². The van der Waals surface area contributed by atoms with Gasteiger partial charge in [-0.05, 0) is 55.7 Å². The second-order valence-electron chi connectivity index (χ2n) is 7.87. The Hall–Kier alpha value is -2.40. The Bertz CT molecular complexity index is 749. The lowest BCUT2D eigenvalue weighted by Gasteiger charge is -2.32. The SMILES string of the molecule is O=C(c1ccc(NCC2CCCO2)nc1)N1CCC(Cc2ccccc2)CC1. The topological polar surface area (TPSA) is 54.5 Å². The number of nitrogens with zero attached hydrogens (tertiary/aromatic N) is 2. The minimum Gasteiger partial charge on any atom is -0.376 e. The molecule has 0 spiro atoms. The highest BCUT2D eigenvalue weighted by Crippen LogP contribution is 2.23. The van der Waals surface area contributed by atoms with Crippen LogP contribution in [-0.4, -0.2) is 48.1 Å². The van der Waals surface area contributed by atoms with E-state index in [1.54, 1.807) is 6.20 Å². The van der Waals surface area contributed by atoms with E-state index in [1.165, 1.54) is 5.56 Å². The van der Waals surface area contributed by atoms with Crippen LogP contribution in [0.15, 0.2) is 48.7 Å². The minimum absolute atomic E-state index is 0.0938. The number of hydrogen-bond donors (Lipinski definition) is 1. The number of carbonyl (C=O) groups excluding carboxylic acids is 1. The molecular weight excluding hydrogens is 350 g/mol. The van der Waals surface area contributed by atoms with Gasteiger partial charge in [0.05, 0.1) is 11.7 Å². The van der Waals surface area contributed by atoms with E-state index in [2.05, 4.69) is 40.6 Å². The second kappa shape index (κ2) is 9.20. The van der Waals surface area contributed by atoms with E-state index < -0.39 is 0 Å². The van der Waals surface area contributed by atoms with E-state index >= 15 is 0 Å². The predicted octanol–water partition coefficient (Wildman–Crippen LogP) is 3.77. The van der Waals surface area contributed by atoms with Gasteiger partial charge in [-0.3, -0.25) is 4.79 Å². The molecule has 2 saturated heterocycles. The molecule has 28 heavy (non-hydrogen) atoms. The number of aromatic nitrogens is 1. The monoisotopic (exact) mass is 379 g/mol. The van der Waals surface area contributed by atoms with Gasteiger partial charge in [0.15, 0.2) is 0 Å². The molecule has 0 bridgehead atoms. The molecule has 1 amide bonds. The highest BCUT2D eigenvalue weighted by atomic mass is 16.5. The number of likely N-dealkylation sites (tertiary alicyclic amines) is 1. The molecule has 1 unspecified atom stereocenters. The van der Waals surface area contributed by atoms with Crippen LogP contribution in [0.4, 0.5) is 5.82 Å². The molecule has 5 nitrogen and oxygen atoms in total. The molecule has 2 aromatic rings. The number of anilines is 1. The summed E-state index contributed by atoms with van der Waals surface area (Å²) < 4.78 is 5.61. The summed E-state index contributed by atoms with van der Waals surface area (Å²) in [6.07, 6.45) is 7.44. The van der Waals surface area contributed by atoms with Crippen molar-refractivity contribution < 1.29 is 9.53 Å². The van der Waals surface area contributed by atoms with Crippen molar-refractivity contribution in [3.05, 3.63) is 59.8 Å².